The molecule has 2 heterocycles. The Balaban J connectivity index is 1.25. The fraction of sp³-hybridized carbons (Fsp3) is 0.425. The van der Waals surface area contributed by atoms with Gasteiger partial charge in [0.2, 0.25) is 11.7 Å². The van der Waals surface area contributed by atoms with Gasteiger partial charge in [-0.3, -0.25) is 14.4 Å². The number of aliphatic hydroxyl groups excluding tert-OH is 1. The summed E-state index contributed by atoms with van der Waals surface area (Å²) < 4.78 is 57.7. The van der Waals surface area contributed by atoms with E-state index in [1.54, 1.807) is 25.2 Å². The number of fused-ring (bicyclic) bond motifs is 2. The van der Waals surface area contributed by atoms with Crippen LogP contribution in [0.25, 0.3) is 5.57 Å². The summed E-state index contributed by atoms with van der Waals surface area (Å²) in [5.41, 5.74) is 3.99. The van der Waals surface area contributed by atoms with Crippen molar-refractivity contribution in [3.05, 3.63) is 94.3 Å². The molecule has 2 bridgehead atoms. The second-order valence-electron chi connectivity index (χ2n) is 14.0. The number of benzene rings is 3. The maximum atomic E-state index is 14.8. The van der Waals surface area contributed by atoms with Crippen LogP contribution in [-0.4, -0.2) is 95.9 Å². The Bertz CT molecular complexity index is 1880. The molecule has 1 saturated carbocycles. The first-order valence-corrected chi connectivity index (χ1v) is 18.0. The van der Waals surface area contributed by atoms with Crippen LogP contribution in [0, 0.1) is 17.5 Å². The minimum absolute atomic E-state index is 0.0209. The Kier molecular flexibility index (Phi) is 12.1. The van der Waals surface area contributed by atoms with Gasteiger partial charge in [-0.15, -0.1) is 0 Å². The second kappa shape index (κ2) is 16.9. The number of rotatable bonds is 16. The molecule has 3 aliphatic rings. The van der Waals surface area contributed by atoms with Gasteiger partial charge in [0, 0.05) is 43.4 Å². The summed E-state index contributed by atoms with van der Waals surface area (Å²) in [5, 5.41) is 22.8. The number of piperazine rings is 1. The van der Waals surface area contributed by atoms with Crippen LogP contribution >= 0.6 is 0 Å². The van der Waals surface area contributed by atoms with E-state index in [0.29, 0.717) is 55.5 Å². The molecule has 14 heteroatoms. The molecule has 0 radical (unpaired) electrons. The lowest BCUT2D eigenvalue weighted by molar-refractivity contribution is -0.141. The predicted molar refractivity (Wildman–Crippen MR) is 191 cm³/mol. The van der Waals surface area contributed by atoms with Crippen LogP contribution in [0.5, 0.6) is 17.2 Å². The van der Waals surface area contributed by atoms with Crippen LogP contribution < -0.4 is 19.5 Å². The van der Waals surface area contributed by atoms with Gasteiger partial charge in [0.15, 0.2) is 17.4 Å². The van der Waals surface area contributed by atoms with E-state index in [1.807, 2.05) is 41.3 Å². The monoisotopic (exact) mass is 751 g/mol. The number of carbonyl (C=O) groups is 3. The molecular formula is C40H44F3N3O8. The topological polar surface area (TPSA) is 138 Å². The van der Waals surface area contributed by atoms with Crippen LogP contribution in [0.3, 0.4) is 0 Å². The number of nitrogens with one attached hydrogen (secondary N) is 1. The van der Waals surface area contributed by atoms with Gasteiger partial charge in [-0.2, -0.15) is 4.39 Å². The third-order valence-corrected chi connectivity index (χ3v) is 9.98. The molecule has 2 amide bonds. The summed E-state index contributed by atoms with van der Waals surface area (Å²) in [4.78, 5) is 42.7. The van der Waals surface area contributed by atoms with Crippen molar-refractivity contribution in [3.8, 4) is 17.2 Å². The number of aliphatic carboxylic acids is 1. The predicted octanol–water partition coefficient (Wildman–Crippen LogP) is 4.88. The Hall–Kier alpha value is -5.08. The second-order valence-corrected chi connectivity index (χ2v) is 14.0. The van der Waals surface area contributed by atoms with E-state index in [2.05, 4.69) is 5.32 Å². The van der Waals surface area contributed by atoms with Crippen molar-refractivity contribution in [2.75, 3.05) is 33.9 Å². The fourth-order valence-electron chi connectivity index (χ4n) is 7.20. The minimum atomic E-state index is -1.36. The molecule has 11 nitrogen and oxygen atoms in total. The number of carboxylic acid groups (broad SMARTS) is 1. The zero-order valence-electron chi connectivity index (χ0n) is 30.2. The highest BCUT2D eigenvalue weighted by molar-refractivity contribution is 6.03. The molecule has 2 fully saturated rings. The number of aliphatic hydroxyl groups is 1. The van der Waals surface area contributed by atoms with Gasteiger partial charge in [-0.1, -0.05) is 24.3 Å². The highest BCUT2D eigenvalue weighted by Crippen LogP contribution is 2.38. The molecule has 288 valence electrons. The smallest absolute Gasteiger partial charge is 0.305 e. The van der Waals surface area contributed by atoms with E-state index in [-0.39, 0.29) is 43.5 Å². The number of ether oxygens (including phenoxy) is 3. The van der Waals surface area contributed by atoms with Crippen molar-refractivity contribution < 1.29 is 52.0 Å². The van der Waals surface area contributed by atoms with Gasteiger partial charge in [0.05, 0.1) is 45.8 Å². The van der Waals surface area contributed by atoms with Crippen LogP contribution in [0.2, 0.25) is 0 Å². The van der Waals surface area contributed by atoms with Crippen molar-refractivity contribution in [2.24, 2.45) is 0 Å². The van der Waals surface area contributed by atoms with Crippen LogP contribution in [0.1, 0.15) is 55.2 Å². The highest BCUT2D eigenvalue weighted by Gasteiger charge is 2.43. The maximum Gasteiger partial charge on any atom is 0.305 e. The summed E-state index contributed by atoms with van der Waals surface area (Å²) in [5.74, 6) is -4.82. The zero-order valence-corrected chi connectivity index (χ0v) is 30.2. The largest absolute Gasteiger partial charge is 0.497 e. The minimum Gasteiger partial charge on any atom is -0.497 e. The molecular weight excluding hydrogens is 707 g/mol. The van der Waals surface area contributed by atoms with E-state index < -0.39 is 47.7 Å². The standard InChI is InChI=1S/C40H44F3N3O8/c1-52-29-14-24(15-30(19-29)53-2)20-46(27-9-10-27)40(51)37-31(16-26-21-45(22-34(37)44-26)35(48)17-28(47)18-36(49)50)25-7-5-23(6-8-25)4-3-13-54-39-33(42)12-11-32(41)38(39)43/h5-8,11-12,14-15,19,26-28,34,44,47H,3-4,9-10,13,16-18,20-22H2,1-2H3,(H,49,50)/t26-,28-,34-/m1/s1. The molecule has 3 aromatic rings. The number of halogens is 3. The Labute approximate surface area is 311 Å². The van der Waals surface area contributed by atoms with Crippen molar-refractivity contribution in [1.82, 2.24) is 15.1 Å². The molecule has 3 atom stereocenters. The SMILES string of the molecule is COc1cc(CN(C(=O)C2=C(c3ccc(CCCOc4c(F)ccc(F)c4F)cc3)C[C@@H]3CN(C(=O)C[C@@H](O)CC(=O)O)C[C@H]2N3)C2CC2)cc(OC)c1. The normalized spacial score (nSPS) is 18.6. The van der Waals surface area contributed by atoms with Gasteiger partial charge >= 0.3 is 5.97 Å². The molecule has 1 aliphatic carbocycles. The zero-order chi connectivity index (χ0) is 38.5. The van der Waals surface area contributed by atoms with Gasteiger partial charge in [-0.05, 0) is 78.6 Å². The van der Waals surface area contributed by atoms with Gasteiger partial charge in [0.1, 0.15) is 11.5 Å². The number of hydrogen-bond acceptors (Lipinski definition) is 8. The van der Waals surface area contributed by atoms with Crippen molar-refractivity contribution in [1.29, 1.82) is 0 Å². The summed E-state index contributed by atoms with van der Waals surface area (Å²) in [6.07, 6.45) is 0.844. The Morgan fingerprint density at radius 1 is 0.926 bits per heavy atom. The fourth-order valence-corrected chi connectivity index (χ4v) is 7.20. The van der Waals surface area contributed by atoms with E-state index >= 15 is 0 Å². The van der Waals surface area contributed by atoms with Gasteiger partial charge in [0.25, 0.3) is 5.91 Å². The number of amides is 2. The molecule has 54 heavy (non-hydrogen) atoms. The van der Waals surface area contributed by atoms with E-state index in [4.69, 9.17) is 19.3 Å². The molecule has 1 saturated heterocycles. The number of aryl methyl sites for hydroxylation is 1. The van der Waals surface area contributed by atoms with Crippen molar-refractivity contribution >= 4 is 23.4 Å². The molecule has 0 spiro atoms. The number of hydrogen-bond donors (Lipinski definition) is 3. The summed E-state index contributed by atoms with van der Waals surface area (Å²) in [6, 6.07) is 14.0. The molecule has 2 aliphatic heterocycles. The third-order valence-electron chi connectivity index (χ3n) is 9.98. The Morgan fingerprint density at radius 2 is 1.61 bits per heavy atom. The highest BCUT2D eigenvalue weighted by atomic mass is 19.2. The lowest BCUT2D eigenvalue weighted by Gasteiger charge is -2.45. The number of carboxylic acids is 1. The lowest BCUT2D eigenvalue weighted by atomic mass is 9.82. The first-order valence-electron chi connectivity index (χ1n) is 18.0. The number of methoxy groups -OCH3 is 2. The molecule has 6 rings (SSSR count). The first-order chi connectivity index (χ1) is 25.9. The van der Waals surface area contributed by atoms with E-state index in [1.165, 1.54) is 0 Å². The van der Waals surface area contributed by atoms with Crippen LogP contribution in [0.15, 0.2) is 60.2 Å². The van der Waals surface area contributed by atoms with Gasteiger partial charge < -0.3 is 39.5 Å². The third kappa shape index (κ3) is 9.16. The molecule has 0 unspecified atom stereocenters. The van der Waals surface area contributed by atoms with Crippen LogP contribution in [0.4, 0.5) is 13.2 Å². The molecule has 0 aromatic heterocycles. The average molecular weight is 752 g/mol. The molecule has 3 aromatic carbocycles. The quantitative estimate of drug-likeness (QED) is 0.138. The summed E-state index contributed by atoms with van der Waals surface area (Å²) in [6.45, 7) is 0.755. The summed E-state index contributed by atoms with van der Waals surface area (Å²) >= 11 is 0. The Morgan fingerprint density at radius 3 is 2.26 bits per heavy atom. The van der Waals surface area contributed by atoms with Gasteiger partial charge in [-0.25, -0.2) is 8.78 Å². The van der Waals surface area contributed by atoms with Crippen molar-refractivity contribution in [3.63, 3.8) is 0 Å². The lowest BCUT2D eigenvalue weighted by Crippen LogP contribution is -2.62. The van der Waals surface area contributed by atoms with E-state index in [0.717, 1.165) is 41.2 Å². The van der Waals surface area contributed by atoms with Crippen LogP contribution in [-0.2, 0) is 27.3 Å². The maximum absolute atomic E-state index is 14.8. The first kappa shape index (κ1) is 38.6. The molecule has 3 N–H and O–H groups in total. The number of carbonyl (C=O) groups excluding carboxylic acids is 2. The average Bonchev–Trinajstić information content (AvgIpc) is 4.00. The van der Waals surface area contributed by atoms with E-state index in [9.17, 15) is 32.7 Å². The number of nitrogens with zero attached hydrogens (tertiary/aromatic N) is 2. The summed E-state index contributed by atoms with van der Waals surface area (Å²) in [7, 11) is 3.13. The van der Waals surface area contributed by atoms with Crippen molar-refractivity contribution in [2.45, 2.75) is 75.7 Å².